The fraction of sp³-hybridized carbons (Fsp3) is 0.333. The van der Waals surface area contributed by atoms with E-state index in [1.165, 1.54) is 29.5 Å². The normalized spacial score (nSPS) is 12.3. The van der Waals surface area contributed by atoms with Crippen molar-refractivity contribution < 1.29 is 0 Å². The Morgan fingerprint density at radius 3 is 2.28 bits per heavy atom. The quantitative estimate of drug-likeness (QED) is 0.688. The van der Waals surface area contributed by atoms with Gasteiger partial charge < -0.3 is 0 Å². The van der Waals surface area contributed by atoms with Crippen LogP contribution in [0.3, 0.4) is 0 Å². The first-order valence-electron chi connectivity index (χ1n) is 6.93. The molecule has 0 saturated carbocycles. The largest absolute Gasteiger partial charge is 0.0622 e. The molecule has 2 aromatic carbocycles. The van der Waals surface area contributed by atoms with E-state index in [4.69, 9.17) is 0 Å². The van der Waals surface area contributed by atoms with Crippen LogP contribution >= 0.6 is 0 Å². The van der Waals surface area contributed by atoms with Crippen LogP contribution in [0.25, 0.3) is 0 Å². The van der Waals surface area contributed by atoms with Gasteiger partial charge in [0.1, 0.15) is 0 Å². The average Bonchev–Trinajstić information content (AvgIpc) is 2.45. The number of rotatable bonds is 5. The SMILES string of the molecule is CCc1ccccc1C(C)CCc1ccccc1. The van der Waals surface area contributed by atoms with Crippen LogP contribution in [0.15, 0.2) is 54.6 Å². The van der Waals surface area contributed by atoms with Crippen molar-refractivity contribution in [3.63, 3.8) is 0 Å². The molecule has 0 bridgehead atoms. The highest BCUT2D eigenvalue weighted by atomic mass is 14.1. The molecular weight excluding hydrogens is 216 g/mol. The molecule has 0 nitrogen and oxygen atoms in total. The summed E-state index contributed by atoms with van der Waals surface area (Å²) in [5, 5.41) is 0. The molecule has 0 N–H and O–H groups in total. The molecular formula is C18H22. The first-order chi connectivity index (χ1) is 8.81. The van der Waals surface area contributed by atoms with Crippen LogP contribution in [0.4, 0.5) is 0 Å². The lowest BCUT2D eigenvalue weighted by atomic mass is 9.90. The predicted octanol–water partition coefficient (Wildman–Crippen LogP) is 4.99. The molecule has 0 spiro atoms. The molecule has 0 aliphatic heterocycles. The van der Waals surface area contributed by atoms with Crippen molar-refractivity contribution in [2.75, 3.05) is 0 Å². The van der Waals surface area contributed by atoms with E-state index in [0.717, 1.165) is 6.42 Å². The van der Waals surface area contributed by atoms with Gasteiger partial charge in [-0.3, -0.25) is 0 Å². The molecule has 0 fully saturated rings. The van der Waals surface area contributed by atoms with Crippen LogP contribution in [-0.4, -0.2) is 0 Å². The minimum Gasteiger partial charge on any atom is -0.0622 e. The lowest BCUT2D eigenvalue weighted by Crippen LogP contribution is -2.00. The Hall–Kier alpha value is -1.56. The molecule has 0 radical (unpaired) electrons. The Morgan fingerprint density at radius 2 is 1.56 bits per heavy atom. The first kappa shape index (κ1) is 12.9. The molecule has 0 aliphatic rings. The lowest BCUT2D eigenvalue weighted by Gasteiger charge is -2.15. The van der Waals surface area contributed by atoms with Crippen molar-refractivity contribution in [1.82, 2.24) is 0 Å². The second kappa shape index (κ2) is 6.39. The Morgan fingerprint density at radius 1 is 0.889 bits per heavy atom. The monoisotopic (exact) mass is 238 g/mol. The van der Waals surface area contributed by atoms with Gasteiger partial charge in [0.25, 0.3) is 0 Å². The van der Waals surface area contributed by atoms with E-state index in [9.17, 15) is 0 Å². The molecule has 0 aliphatic carbocycles. The highest BCUT2D eigenvalue weighted by molar-refractivity contribution is 5.30. The Balaban J connectivity index is 2.01. The van der Waals surface area contributed by atoms with Crippen LogP contribution in [0, 0.1) is 0 Å². The van der Waals surface area contributed by atoms with Crippen molar-refractivity contribution in [3.8, 4) is 0 Å². The van der Waals surface area contributed by atoms with E-state index in [-0.39, 0.29) is 0 Å². The van der Waals surface area contributed by atoms with Gasteiger partial charge in [0.15, 0.2) is 0 Å². The summed E-state index contributed by atoms with van der Waals surface area (Å²) >= 11 is 0. The summed E-state index contributed by atoms with van der Waals surface area (Å²) in [5.41, 5.74) is 4.47. The van der Waals surface area contributed by atoms with E-state index < -0.39 is 0 Å². The van der Waals surface area contributed by atoms with E-state index in [1.807, 2.05) is 0 Å². The Kier molecular flexibility index (Phi) is 4.58. The summed E-state index contributed by atoms with van der Waals surface area (Å²) in [6, 6.07) is 19.6. The maximum absolute atomic E-state index is 2.34. The highest BCUT2D eigenvalue weighted by Gasteiger charge is 2.09. The second-order valence-corrected chi connectivity index (χ2v) is 4.98. The van der Waals surface area contributed by atoms with Gasteiger partial charge in [-0.1, -0.05) is 68.4 Å². The fourth-order valence-electron chi connectivity index (χ4n) is 2.52. The summed E-state index contributed by atoms with van der Waals surface area (Å²) in [5.74, 6) is 0.640. The Bertz CT molecular complexity index is 470. The molecule has 0 heteroatoms. The summed E-state index contributed by atoms with van der Waals surface area (Å²) in [6.45, 7) is 4.58. The maximum atomic E-state index is 2.34. The smallest absolute Gasteiger partial charge is 0.0184 e. The third-order valence-electron chi connectivity index (χ3n) is 3.68. The first-order valence-corrected chi connectivity index (χ1v) is 6.93. The van der Waals surface area contributed by atoms with Gasteiger partial charge in [0.2, 0.25) is 0 Å². The molecule has 0 saturated heterocycles. The summed E-state index contributed by atoms with van der Waals surface area (Å²) in [7, 11) is 0. The zero-order valence-electron chi connectivity index (χ0n) is 11.4. The molecule has 2 rings (SSSR count). The number of aryl methyl sites for hydroxylation is 2. The van der Waals surface area contributed by atoms with Crippen LogP contribution < -0.4 is 0 Å². The standard InChI is InChI=1S/C18H22/c1-3-17-11-7-8-12-18(17)15(2)13-14-16-9-5-4-6-10-16/h4-12,15H,3,13-14H2,1-2H3. The van der Waals surface area contributed by atoms with Gasteiger partial charge in [-0.15, -0.1) is 0 Å². The Labute approximate surface area is 111 Å². The van der Waals surface area contributed by atoms with Crippen LogP contribution in [-0.2, 0) is 12.8 Å². The van der Waals surface area contributed by atoms with Gasteiger partial charge in [-0.05, 0) is 41.9 Å². The number of hydrogen-bond acceptors (Lipinski definition) is 0. The van der Waals surface area contributed by atoms with Crippen molar-refractivity contribution >= 4 is 0 Å². The van der Waals surface area contributed by atoms with E-state index in [0.29, 0.717) is 5.92 Å². The zero-order chi connectivity index (χ0) is 12.8. The van der Waals surface area contributed by atoms with E-state index >= 15 is 0 Å². The van der Waals surface area contributed by atoms with E-state index in [1.54, 1.807) is 0 Å². The van der Waals surface area contributed by atoms with Crippen LogP contribution in [0.2, 0.25) is 0 Å². The lowest BCUT2D eigenvalue weighted by molar-refractivity contribution is 0.673. The molecule has 1 unspecified atom stereocenters. The van der Waals surface area contributed by atoms with Crippen molar-refractivity contribution in [2.45, 2.75) is 39.0 Å². The van der Waals surface area contributed by atoms with Gasteiger partial charge >= 0.3 is 0 Å². The summed E-state index contributed by atoms with van der Waals surface area (Å²) in [4.78, 5) is 0. The minimum atomic E-state index is 0.640. The van der Waals surface area contributed by atoms with Crippen LogP contribution in [0.5, 0.6) is 0 Å². The summed E-state index contributed by atoms with van der Waals surface area (Å²) < 4.78 is 0. The third-order valence-corrected chi connectivity index (χ3v) is 3.68. The predicted molar refractivity (Wildman–Crippen MR) is 79.0 cm³/mol. The minimum absolute atomic E-state index is 0.640. The molecule has 2 aromatic rings. The van der Waals surface area contributed by atoms with Gasteiger partial charge in [-0.2, -0.15) is 0 Å². The highest BCUT2D eigenvalue weighted by Crippen LogP contribution is 2.24. The van der Waals surface area contributed by atoms with Gasteiger partial charge in [0, 0.05) is 0 Å². The van der Waals surface area contributed by atoms with Gasteiger partial charge in [0.05, 0.1) is 0 Å². The maximum Gasteiger partial charge on any atom is -0.0184 e. The molecule has 0 amide bonds. The molecule has 0 heterocycles. The molecule has 94 valence electrons. The van der Waals surface area contributed by atoms with Crippen LogP contribution in [0.1, 0.15) is 42.9 Å². The van der Waals surface area contributed by atoms with Crippen molar-refractivity contribution in [3.05, 3.63) is 71.3 Å². The second-order valence-electron chi connectivity index (χ2n) is 4.98. The number of benzene rings is 2. The van der Waals surface area contributed by atoms with Gasteiger partial charge in [-0.25, -0.2) is 0 Å². The third kappa shape index (κ3) is 3.22. The fourth-order valence-corrected chi connectivity index (χ4v) is 2.52. The van der Waals surface area contributed by atoms with E-state index in [2.05, 4.69) is 68.4 Å². The summed E-state index contributed by atoms with van der Waals surface area (Å²) in [6.07, 6.45) is 3.52. The molecule has 18 heavy (non-hydrogen) atoms. The average molecular weight is 238 g/mol. The molecule has 1 atom stereocenters. The van der Waals surface area contributed by atoms with Crippen molar-refractivity contribution in [2.24, 2.45) is 0 Å². The zero-order valence-corrected chi connectivity index (χ0v) is 11.4. The number of hydrogen-bond donors (Lipinski definition) is 0. The molecule has 0 aromatic heterocycles. The topological polar surface area (TPSA) is 0 Å². The van der Waals surface area contributed by atoms with Crippen molar-refractivity contribution in [1.29, 1.82) is 0 Å².